The Hall–Kier alpha value is -1.21. The van der Waals surface area contributed by atoms with E-state index >= 15 is 0 Å². The highest BCUT2D eigenvalue weighted by molar-refractivity contribution is 9.10. The lowest BCUT2D eigenvalue weighted by atomic mass is 10.2. The third-order valence-corrected chi connectivity index (χ3v) is 3.43. The first-order valence-electron chi connectivity index (χ1n) is 5.37. The molecule has 0 aliphatic carbocycles. The van der Waals surface area contributed by atoms with Crippen LogP contribution >= 0.6 is 31.9 Å². The SMILES string of the molecule is Nc1cc(Br)ccc1Oc1ccc(Br)cc1C(F)(F)F. The van der Waals surface area contributed by atoms with Crippen molar-refractivity contribution in [3.63, 3.8) is 0 Å². The Labute approximate surface area is 130 Å². The second-order valence-corrected chi connectivity index (χ2v) is 5.75. The van der Waals surface area contributed by atoms with Crippen molar-refractivity contribution in [1.29, 1.82) is 0 Å². The maximum absolute atomic E-state index is 13.0. The predicted molar refractivity (Wildman–Crippen MR) is 77.8 cm³/mol. The summed E-state index contributed by atoms with van der Waals surface area (Å²) in [6.45, 7) is 0. The number of nitrogen functional groups attached to an aromatic ring is 1. The molecule has 2 aromatic rings. The highest BCUT2D eigenvalue weighted by Gasteiger charge is 2.34. The van der Waals surface area contributed by atoms with Gasteiger partial charge in [0.15, 0.2) is 0 Å². The average Bonchev–Trinajstić information content (AvgIpc) is 2.33. The molecule has 0 saturated heterocycles. The first-order valence-corrected chi connectivity index (χ1v) is 6.95. The van der Waals surface area contributed by atoms with Gasteiger partial charge in [0.1, 0.15) is 11.5 Å². The molecule has 0 unspecified atom stereocenters. The molecule has 0 amide bonds. The number of nitrogens with two attached hydrogens (primary N) is 1. The van der Waals surface area contributed by atoms with Gasteiger partial charge in [-0.15, -0.1) is 0 Å². The number of benzene rings is 2. The summed E-state index contributed by atoms with van der Waals surface area (Å²) >= 11 is 6.23. The minimum absolute atomic E-state index is 0.168. The van der Waals surface area contributed by atoms with Gasteiger partial charge in [0.25, 0.3) is 0 Å². The third kappa shape index (κ3) is 3.46. The van der Waals surface area contributed by atoms with Crippen LogP contribution in [-0.2, 0) is 6.18 Å². The number of rotatable bonds is 2. The van der Waals surface area contributed by atoms with Crippen LogP contribution < -0.4 is 10.5 Å². The van der Waals surface area contributed by atoms with Crippen LogP contribution in [0.15, 0.2) is 45.3 Å². The fourth-order valence-corrected chi connectivity index (χ4v) is 2.28. The molecule has 106 valence electrons. The number of hydrogen-bond acceptors (Lipinski definition) is 2. The Bertz CT molecular complexity index is 644. The second kappa shape index (κ2) is 5.65. The van der Waals surface area contributed by atoms with E-state index in [0.29, 0.717) is 8.95 Å². The molecule has 2 nitrogen and oxygen atoms in total. The molecule has 2 N–H and O–H groups in total. The largest absolute Gasteiger partial charge is 0.455 e. The van der Waals surface area contributed by atoms with Crippen molar-refractivity contribution in [2.24, 2.45) is 0 Å². The molecule has 0 aliphatic rings. The standard InChI is InChI=1S/C13H8Br2F3NO/c14-7-1-3-11(9(5-7)13(16,17)18)20-12-4-2-8(15)6-10(12)19/h1-6H,19H2. The van der Waals surface area contributed by atoms with Crippen LogP contribution in [0.2, 0.25) is 0 Å². The Morgan fingerprint density at radius 3 is 2.00 bits per heavy atom. The summed E-state index contributed by atoms with van der Waals surface area (Å²) in [5, 5.41) is 0. The van der Waals surface area contributed by atoms with Crippen LogP contribution in [-0.4, -0.2) is 0 Å². The van der Waals surface area contributed by atoms with E-state index in [1.54, 1.807) is 12.1 Å². The van der Waals surface area contributed by atoms with E-state index in [4.69, 9.17) is 10.5 Å². The van der Waals surface area contributed by atoms with Crippen molar-refractivity contribution >= 4 is 37.5 Å². The van der Waals surface area contributed by atoms with Crippen molar-refractivity contribution in [2.75, 3.05) is 5.73 Å². The molecule has 0 aromatic heterocycles. The smallest absolute Gasteiger partial charge is 0.420 e. The summed E-state index contributed by atoms with van der Waals surface area (Å²) in [5.41, 5.74) is 5.09. The minimum Gasteiger partial charge on any atom is -0.455 e. The first-order chi connectivity index (χ1) is 9.27. The molecule has 0 radical (unpaired) electrons. The molecule has 0 aliphatic heterocycles. The molecule has 20 heavy (non-hydrogen) atoms. The highest BCUT2D eigenvalue weighted by Crippen LogP contribution is 2.40. The Balaban J connectivity index is 2.43. The number of ether oxygens (including phenoxy) is 1. The van der Waals surface area contributed by atoms with Gasteiger partial charge in [-0.05, 0) is 36.4 Å². The lowest BCUT2D eigenvalue weighted by molar-refractivity contribution is -0.138. The molecule has 0 atom stereocenters. The van der Waals surface area contributed by atoms with Crippen LogP contribution in [0.25, 0.3) is 0 Å². The minimum atomic E-state index is -4.51. The lowest BCUT2D eigenvalue weighted by Gasteiger charge is -2.15. The van der Waals surface area contributed by atoms with Crippen LogP contribution in [0.3, 0.4) is 0 Å². The Morgan fingerprint density at radius 1 is 0.900 bits per heavy atom. The van der Waals surface area contributed by atoms with E-state index in [-0.39, 0.29) is 17.2 Å². The topological polar surface area (TPSA) is 35.2 Å². The van der Waals surface area contributed by atoms with Crippen LogP contribution in [0, 0.1) is 0 Å². The van der Waals surface area contributed by atoms with Crippen LogP contribution in [0.5, 0.6) is 11.5 Å². The molecule has 0 spiro atoms. The van der Waals surface area contributed by atoms with Gasteiger partial charge in [-0.1, -0.05) is 31.9 Å². The fraction of sp³-hybridized carbons (Fsp3) is 0.0769. The zero-order chi connectivity index (χ0) is 14.9. The van der Waals surface area contributed by atoms with Gasteiger partial charge in [0.05, 0.1) is 11.3 Å². The van der Waals surface area contributed by atoms with Gasteiger partial charge in [-0.3, -0.25) is 0 Å². The number of alkyl halides is 3. The van der Waals surface area contributed by atoms with E-state index in [1.807, 2.05) is 0 Å². The number of halogens is 5. The molecule has 0 saturated carbocycles. The van der Waals surface area contributed by atoms with Gasteiger partial charge in [0.2, 0.25) is 0 Å². The molecule has 2 rings (SSSR count). The van der Waals surface area contributed by atoms with E-state index in [9.17, 15) is 13.2 Å². The zero-order valence-electron chi connectivity index (χ0n) is 9.84. The maximum Gasteiger partial charge on any atom is 0.420 e. The maximum atomic E-state index is 13.0. The van der Waals surface area contributed by atoms with E-state index in [2.05, 4.69) is 31.9 Å². The molecular weight excluding hydrogens is 403 g/mol. The number of anilines is 1. The van der Waals surface area contributed by atoms with Crippen LogP contribution in [0.4, 0.5) is 18.9 Å². The third-order valence-electron chi connectivity index (χ3n) is 2.44. The summed E-state index contributed by atoms with van der Waals surface area (Å²) in [4.78, 5) is 0. The van der Waals surface area contributed by atoms with Gasteiger partial charge in [-0.2, -0.15) is 13.2 Å². The summed E-state index contributed by atoms with van der Waals surface area (Å²) in [6, 6.07) is 8.37. The summed E-state index contributed by atoms with van der Waals surface area (Å²) < 4.78 is 45.2. The molecule has 0 fully saturated rings. The van der Waals surface area contributed by atoms with E-state index in [0.717, 1.165) is 6.07 Å². The Kier molecular flexibility index (Phi) is 4.29. The van der Waals surface area contributed by atoms with Crippen molar-refractivity contribution in [3.05, 3.63) is 50.9 Å². The molecule has 0 heterocycles. The van der Waals surface area contributed by atoms with Gasteiger partial charge in [0, 0.05) is 8.95 Å². The quantitative estimate of drug-likeness (QED) is 0.653. The van der Waals surface area contributed by atoms with Crippen LogP contribution in [0.1, 0.15) is 5.56 Å². The summed E-state index contributed by atoms with van der Waals surface area (Å²) in [7, 11) is 0. The fourth-order valence-electron chi connectivity index (χ4n) is 1.54. The molecular formula is C13H8Br2F3NO. The van der Waals surface area contributed by atoms with Crippen molar-refractivity contribution < 1.29 is 17.9 Å². The summed E-state index contributed by atoms with van der Waals surface area (Å²) in [6.07, 6.45) is -4.51. The molecule has 2 aromatic carbocycles. The monoisotopic (exact) mass is 409 g/mol. The normalized spacial score (nSPS) is 11.4. The number of hydrogen-bond donors (Lipinski definition) is 1. The summed E-state index contributed by atoms with van der Waals surface area (Å²) in [5.74, 6) is -0.129. The highest BCUT2D eigenvalue weighted by atomic mass is 79.9. The first kappa shape index (κ1) is 15.2. The Morgan fingerprint density at radius 2 is 1.45 bits per heavy atom. The average molecular weight is 411 g/mol. The molecule has 7 heteroatoms. The predicted octanol–water partition coefficient (Wildman–Crippen LogP) is 5.60. The second-order valence-electron chi connectivity index (χ2n) is 3.92. The van der Waals surface area contributed by atoms with Crippen molar-refractivity contribution in [2.45, 2.75) is 6.18 Å². The van der Waals surface area contributed by atoms with Crippen molar-refractivity contribution in [1.82, 2.24) is 0 Å². The van der Waals surface area contributed by atoms with Gasteiger partial charge in [-0.25, -0.2) is 0 Å². The van der Waals surface area contributed by atoms with E-state index in [1.165, 1.54) is 18.2 Å². The van der Waals surface area contributed by atoms with Crippen molar-refractivity contribution in [3.8, 4) is 11.5 Å². The van der Waals surface area contributed by atoms with E-state index < -0.39 is 11.7 Å². The lowest BCUT2D eigenvalue weighted by Crippen LogP contribution is -2.07. The zero-order valence-corrected chi connectivity index (χ0v) is 13.0. The van der Waals surface area contributed by atoms with Gasteiger partial charge >= 0.3 is 6.18 Å². The molecule has 0 bridgehead atoms. The van der Waals surface area contributed by atoms with Gasteiger partial charge < -0.3 is 10.5 Å².